The van der Waals surface area contributed by atoms with Crippen LogP contribution in [0.3, 0.4) is 0 Å². The first-order valence-corrected chi connectivity index (χ1v) is 15.1. The maximum Gasteiger partial charge on any atom is 0.416 e. The van der Waals surface area contributed by atoms with E-state index >= 15 is 0 Å². The fourth-order valence-corrected chi connectivity index (χ4v) is 8.81. The number of sulfonamides is 1. The van der Waals surface area contributed by atoms with Gasteiger partial charge in [-0.25, -0.2) is 16.8 Å². The Hall–Kier alpha value is -2.03. The first kappa shape index (κ1) is 28.0. The second-order valence-electron chi connectivity index (χ2n) is 10.3. The van der Waals surface area contributed by atoms with Gasteiger partial charge in [-0.2, -0.15) is 26.3 Å². The van der Waals surface area contributed by atoms with E-state index < -0.39 is 82.6 Å². The lowest BCUT2D eigenvalue weighted by Gasteiger charge is -2.53. The Morgan fingerprint density at radius 2 is 1.46 bits per heavy atom. The maximum atomic E-state index is 13.5. The minimum Gasteiger partial charge on any atom is -0.347 e. The monoisotopic (exact) mass is 576 g/mol. The fraction of sp³-hybridized carbons (Fsp3) is 0.682. The highest BCUT2D eigenvalue weighted by atomic mass is 32.2. The molecule has 15 heteroatoms. The average Bonchev–Trinajstić information content (AvgIpc) is 2.78. The van der Waals surface area contributed by atoms with Crippen LogP contribution < -0.4 is 10.0 Å². The van der Waals surface area contributed by atoms with Gasteiger partial charge in [0.2, 0.25) is 10.0 Å². The molecule has 208 valence electrons. The summed E-state index contributed by atoms with van der Waals surface area (Å²) in [6.45, 7) is 0. The second-order valence-corrected chi connectivity index (χ2v) is 14.5. The molecule has 5 rings (SSSR count). The van der Waals surface area contributed by atoms with Crippen LogP contribution in [-0.4, -0.2) is 51.2 Å². The van der Waals surface area contributed by atoms with Crippen molar-refractivity contribution in [3.8, 4) is 0 Å². The smallest absolute Gasteiger partial charge is 0.347 e. The standard InChI is InChI=1S/C22H26F6N2O5S2/c23-21(24,25)14-1-2-16(17(13-14)30-37(34,35)15-3-11-36(32,33)12-4-15)18(31)29-20-8-5-19(6-9-20,7-10-20)22(26,27)28/h1-2,13,15,30H,3-12H2,(H,29,31). The largest absolute Gasteiger partial charge is 0.416 e. The Balaban J connectivity index is 1.59. The van der Waals surface area contributed by atoms with Crippen LogP contribution in [0.4, 0.5) is 32.0 Å². The molecule has 0 aromatic heterocycles. The molecule has 7 nitrogen and oxygen atoms in total. The van der Waals surface area contributed by atoms with E-state index in [-0.39, 0.29) is 51.4 Å². The van der Waals surface area contributed by atoms with Crippen molar-refractivity contribution in [1.29, 1.82) is 0 Å². The maximum absolute atomic E-state index is 13.5. The molecule has 1 aromatic rings. The van der Waals surface area contributed by atoms with Gasteiger partial charge < -0.3 is 5.32 Å². The molecule has 0 radical (unpaired) electrons. The lowest BCUT2D eigenvalue weighted by atomic mass is 9.57. The first-order valence-electron chi connectivity index (χ1n) is 11.7. The molecular formula is C22H26F6N2O5S2. The second kappa shape index (κ2) is 9.02. The molecule has 2 bridgehead atoms. The van der Waals surface area contributed by atoms with Gasteiger partial charge in [0.05, 0.1) is 39.0 Å². The van der Waals surface area contributed by atoms with Crippen molar-refractivity contribution in [1.82, 2.24) is 5.32 Å². The van der Waals surface area contributed by atoms with Crippen molar-refractivity contribution in [3.63, 3.8) is 0 Å². The predicted molar refractivity (Wildman–Crippen MR) is 122 cm³/mol. The van der Waals surface area contributed by atoms with Crippen molar-refractivity contribution < 1.29 is 48.0 Å². The number of nitrogens with one attached hydrogen (secondary N) is 2. The molecule has 0 spiro atoms. The summed E-state index contributed by atoms with van der Waals surface area (Å²) in [4.78, 5) is 13.2. The highest BCUT2D eigenvalue weighted by Gasteiger charge is 2.61. The zero-order valence-electron chi connectivity index (χ0n) is 19.5. The first-order chi connectivity index (χ1) is 16.9. The SMILES string of the molecule is O=C(NC12CCC(C(F)(F)F)(CC1)CC2)c1ccc(C(F)(F)F)cc1NS(=O)(=O)C1CCS(=O)(=O)CC1. The number of amides is 1. The molecule has 1 amide bonds. The molecule has 1 heterocycles. The number of carbonyl (C=O) groups is 1. The predicted octanol–water partition coefficient (Wildman–Crippen LogP) is 4.41. The van der Waals surface area contributed by atoms with E-state index in [0.29, 0.717) is 12.1 Å². The third-order valence-corrected chi connectivity index (χ3v) is 11.6. The highest BCUT2D eigenvalue weighted by molar-refractivity contribution is 7.94. The molecule has 3 aliphatic carbocycles. The number of carbonyl (C=O) groups excluding carboxylic acids is 1. The zero-order valence-corrected chi connectivity index (χ0v) is 21.1. The van der Waals surface area contributed by atoms with Crippen LogP contribution in [0.25, 0.3) is 0 Å². The summed E-state index contributed by atoms with van der Waals surface area (Å²) in [6, 6.07) is 1.93. The summed E-state index contributed by atoms with van der Waals surface area (Å²) in [5, 5.41) is 1.49. The minimum absolute atomic E-state index is 0.0382. The summed E-state index contributed by atoms with van der Waals surface area (Å²) in [7, 11) is -7.77. The van der Waals surface area contributed by atoms with Gasteiger partial charge in [-0.05, 0) is 69.6 Å². The molecule has 37 heavy (non-hydrogen) atoms. The van der Waals surface area contributed by atoms with Crippen molar-refractivity contribution >= 4 is 31.5 Å². The molecule has 3 saturated carbocycles. The number of benzene rings is 1. The van der Waals surface area contributed by atoms with E-state index in [9.17, 15) is 48.0 Å². The van der Waals surface area contributed by atoms with Crippen molar-refractivity contribution in [2.24, 2.45) is 5.41 Å². The summed E-state index contributed by atoms with van der Waals surface area (Å²) in [5.41, 5.74) is -5.03. The lowest BCUT2D eigenvalue weighted by molar-refractivity contribution is -0.253. The topological polar surface area (TPSA) is 109 Å². The van der Waals surface area contributed by atoms with Crippen molar-refractivity contribution in [3.05, 3.63) is 29.3 Å². The quantitative estimate of drug-likeness (QED) is 0.505. The summed E-state index contributed by atoms with van der Waals surface area (Å²) < 4.78 is 132. The molecular weight excluding hydrogens is 550 g/mol. The van der Waals surface area contributed by atoms with Crippen LogP contribution in [0.2, 0.25) is 0 Å². The fourth-order valence-electron chi connectivity index (χ4n) is 5.52. The molecule has 1 aromatic carbocycles. The van der Waals surface area contributed by atoms with Crippen LogP contribution in [0.15, 0.2) is 18.2 Å². The Labute approximate surface area is 210 Å². The van der Waals surface area contributed by atoms with Gasteiger partial charge in [-0.1, -0.05) is 0 Å². The highest BCUT2D eigenvalue weighted by Crippen LogP contribution is 2.59. The Morgan fingerprint density at radius 3 is 1.95 bits per heavy atom. The lowest BCUT2D eigenvalue weighted by Crippen LogP contribution is -2.59. The van der Waals surface area contributed by atoms with Gasteiger partial charge in [-0.15, -0.1) is 0 Å². The normalized spacial score (nSPS) is 28.6. The van der Waals surface area contributed by atoms with E-state index in [4.69, 9.17) is 0 Å². The molecule has 2 N–H and O–H groups in total. The van der Waals surface area contributed by atoms with Crippen LogP contribution >= 0.6 is 0 Å². The Bertz CT molecular complexity index is 1250. The van der Waals surface area contributed by atoms with Crippen LogP contribution in [0.5, 0.6) is 0 Å². The Morgan fingerprint density at radius 1 is 0.919 bits per heavy atom. The molecule has 4 fully saturated rings. The number of rotatable bonds is 5. The van der Waals surface area contributed by atoms with Gasteiger partial charge in [0.15, 0.2) is 0 Å². The number of fused-ring (bicyclic) bond motifs is 3. The molecule has 0 unspecified atom stereocenters. The zero-order chi connectivity index (χ0) is 27.5. The van der Waals surface area contributed by atoms with E-state index in [2.05, 4.69) is 5.32 Å². The molecule has 1 aliphatic heterocycles. The number of hydrogen-bond donors (Lipinski definition) is 2. The van der Waals surface area contributed by atoms with Crippen molar-refractivity contribution in [2.45, 2.75) is 74.5 Å². The number of anilines is 1. The third kappa shape index (κ3) is 5.57. The third-order valence-electron chi connectivity index (χ3n) is 8.01. The summed E-state index contributed by atoms with van der Waals surface area (Å²) >= 11 is 0. The van der Waals surface area contributed by atoms with E-state index in [1.807, 2.05) is 4.72 Å². The van der Waals surface area contributed by atoms with Gasteiger partial charge >= 0.3 is 12.4 Å². The molecule has 4 aliphatic rings. The van der Waals surface area contributed by atoms with Crippen molar-refractivity contribution in [2.75, 3.05) is 16.2 Å². The van der Waals surface area contributed by atoms with E-state index in [1.54, 1.807) is 0 Å². The van der Waals surface area contributed by atoms with Gasteiger partial charge in [0.1, 0.15) is 9.84 Å². The number of halogens is 6. The molecule has 0 atom stereocenters. The van der Waals surface area contributed by atoms with E-state index in [0.717, 1.165) is 6.07 Å². The average molecular weight is 577 g/mol. The van der Waals surface area contributed by atoms with Gasteiger partial charge in [0, 0.05) is 5.54 Å². The number of alkyl halides is 6. The van der Waals surface area contributed by atoms with E-state index in [1.165, 1.54) is 0 Å². The van der Waals surface area contributed by atoms with Gasteiger partial charge in [0.25, 0.3) is 5.91 Å². The van der Waals surface area contributed by atoms with Gasteiger partial charge in [-0.3, -0.25) is 9.52 Å². The van der Waals surface area contributed by atoms with Crippen LogP contribution in [0.1, 0.15) is 67.3 Å². The van der Waals surface area contributed by atoms with Crippen LogP contribution in [0, 0.1) is 5.41 Å². The minimum atomic E-state index is -4.85. The summed E-state index contributed by atoms with van der Waals surface area (Å²) in [6.07, 6.45) is -10.2. The number of hydrogen-bond acceptors (Lipinski definition) is 5. The van der Waals surface area contributed by atoms with Crippen LogP contribution in [-0.2, 0) is 26.0 Å². The summed E-state index contributed by atoms with van der Waals surface area (Å²) in [5.74, 6) is -1.69. The Kier molecular flexibility index (Phi) is 6.83. The molecule has 1 saturated heterocycles. The number of sulfone groups is 1.